The molecule has 1 aliphatic rings. The second kappa shape index (κ2) is 5.18. The van der Waals surface area contributed by atoms with Crippen molar-refractivity contribution in [2.75, 3.05) is 0 Å². The van der Waals surface area contributed by atoms with Crippen LogP contribution in [0.2, 0.25) is 0 Å². The van der Waals surface area contributed by atoms with Gasteiger partial charge in [0.05, 0.1) is 0 Å². The van der Waals surface area contributed by atoms with Gasteiger partial charge in [0.15, 0.2) is 0 Å². The van der Waals surface area contributed by atoms with E-state index in [1.165, 1.54) is 37.3 Å². The molecule has 0 saturated heterocycles. The Labute approximate surface area is 103 Å². The molecular weight excluding hydrogens is 213 g/mol. The lowest BCUT2D eigenvalue weighted by atomic mass is 9.87. The molecule has 0 aromatic heterocycles. The summed E-state index contributed by atoms with van der Waals surface area (Å²) in [7, 11) is 0. The summed E-state index contributed by atoms with van der Waals surface area (Å²) in [4.78, 5) is 0. The van der Waals surface area contributed by atoms with Crippen molar-refractivity contribution in [1.82, 2.24) is 0 Å². The van der Waals surface area contributed by atoms with Crippen LogP contribution in [-0.4, -0.2) is 0 Å². The number of unbranched alkanes of at least 4 members (excludes halogenated alkanes) is 3. The first-order valence-electron chi connectivity index (χ1n) is 6.73. The molecule has 2 N–H and O–H groups in total. The number of hydrogen-bond donors (Lipinski definition) is 1. The quantitative estimate of drug-likeness (QED) is 0.770. The molecule has 2 rings (SSSR count). The first-order valence-corrected chi connectivity index (χ1v) is 6.73. The predicted octanol–water partition coefficient (Wildman–Crippen LogP) is 3.90. The summed E-state index contributed by atoms with van der Waals surface area (Å²) in [5, 5.41) is 0. The summed E-state index contributed by atoms with van der Waals surface area (Å²) in [6, 6.07) is 5.07. The summed E-state index contributed by atoms with van der Waals surface area (Å²) in [5.41, 5.74) is 8.57. The van der Waals surface area contributed by atoms with E-state index < -0.39 is 0 Å². The third kappa shape index (κ3) is 2.68. The van der Waals surface area contributed by atoms with Crippen LogP contribution in [0, 0.1) is 5.82 Å². The van der Waals surface area contributed by atoms with Gasteiger partial charge in [0.2, 0.25) is 0 Å². The highest BCUT2D eigenvalue weighted by Crippen LogP contribution is 2.38. The van der Waals surface area contributed by atoms with E-state index in [1.54, 1.807) is 6.07 Å². The molecule has 1 aromatic rings. The van der Waals surface area contributed by atoms with E-state index in [4.69, 9.17) is 5.73 Å². The number of halogens is 1. The van der Waals surface area contributed by atoms with E-state index in [0.29, 0.717) is 0 Å². The van der Waals surface area contributed by atoms with Gasteiger partial charge < -0.3 is 5.73 Å². The summed E-state index contributed by atoms with van der Waals surface area (Å²) >= 11 is 0. The molecule has 0 saturated carbocycles. The molecule has 0 spiro atoms. The molecule has 1 aliphatic carbocycles. The van der Waals surface area contributed by atoms with Gasteiger partial charge in [-0.05, 0) is 42.5 Å². The largest absolute Gasteiger partial charge is 0.321 e. The van der Waals surface area contributed by atoms with Crippen molar-refractivity contribution in [3.63, 3.8) is 0 Å². The minimum absolute atomic E-state index is 0.140. The van der Waals surface area contributed by atoms with Crippen molar-refractivity contribution in [1.29, 1.82) is 0 Å². The van der Waals surface area contributed by atoms with Crippen LogP contribution in [0.4, 0.5) is 4.39 Å². The first-order chi connectivity index (χ1) is 8.15. The number of hydrogen-bond acceptors (Lipinski definition) is 1. The van der Waals surface area contributed by atoms with E-state index in [9.17, 15) is 4.39 Å². The first kappa shape index (κ1) is 12.6. The number of benzene rings is 1. The smallest absolute Gasteiger partial charge is 0.123 e. The van der Waals surface area contributed by atoms with Gasteiger partial charge in [-0.3, -0.25) is 0 Å². The zero-order chi connectivity index (χ0) is 12.3. The van der Waals surface area contributed by atoms with E-state index in [-0.39, 0.29) is 11.4 Å². The highest BCUT2D eigenvalue weighted by atomic mass is 19.1. The Balaban J connectivity index is 2.03. The Hall–Kier alpha value is -0.890. The van der Waals surface area contributed by atoms with Crippen LogP contribution in [0.1, 0.15) is 56.6 Å². The summed E-state index contributed by atoms with van der Waals surface area (Å²) in [6.07, 6.45) is 7.90. The second-order valence-corrected chi connectivity index (χ2v) is 5.27. The molecule has 0 fully saturated rings. The van der Waals surface area contributed by atoms with Crippen molar-refractivity contribution in [3.8, 4) is 0 Å². The normalized spacial score (nSPS) is 22.8. The van der Waals surface area contributed by atoms with Crippen molar-refractivity contribution >= 4 is 0 Å². The fourth-order valence-corrected chi connectivity index (χ4v) is 2.87. The Morgan fingerprint density at radius 3 is 2.88 bits per heavy atom. The number of aryl methyl sites for hydroxylation is 1. The second-order valence-electron chi connectivity index (χ2n) is 5.27. The van der Waals surface area contributed by atoms with Crippen LogP contribution >= 0.6 is 0 Å². The van der Waals surface area contributed by atoms with Gasteiger partial charge >= 0.3 is 0 Å². The van der Waals surface area contributed by atoms with E-state index in [1.807, 2.05) is 6.07 Å². The molecular formula is C15H22FN. The van der Waals surface area contributed by atoms with Gasteiger partial charge in [-0.1, -0.05) is 38.7 Å². The Morgan fingerprint density at radius 2 is 2.12 bits per heavy atom. The standard InChI is InChI=1S/C15H22FN/c1-2-3-4-5-9-15(17)10-8-12-11-13(16)6-7-14(12)15/h6-7,11H,2-5,8-10,17H2,1H3. The van der Waals surface area contributed by atoms with Gasteiger partial charge in [-0.15, -0.1) is 0 Å². The van der Waals surface area contributed by atoms with Crippen LogP contribution in [-0.2, 0) is 12.0 Å². The number of rotatable bonds is 5. The molecule has 94 valence electrons. The molecule has 0 amide bonds. The monoisotopic (exact) mass is 235 g/mol. The van der Waals surface area contributed by atoms with Gasteiger partial charge in [0.1, 0.15) is 5.82 Å². The van der Waals surface area contributed by atoms with Crippen LogP contribution in [0.25, 0.3) is 0 Å². The van der Waals surface area contributed by atoms with Gasteiger partial charge in [0, 0.05) is 5.54 Å². The fourth-order valence-electron chi connectivity index (χ4n) is 2.87. The molecule has 1 unspecified atom stereocenters. The molecule has 2 heteroatoms. The van der Waals surface area contributed by atoms with Crippen molar-refractivity contribution in [3.05, 3.63) is 35.1 Å². The fraction of sp³-hybridized carbons (Fsp3) is 0.600. The van der Waals surface area contributed by atoms with Crippen molar-refractivity contribution in [2.45, 2.75) is 57.4 Å². The molecule has 1 aromatic carbocycles. The molecule has 1 nitrogen and oxygen atoms in total. The van der Waals surface area contributed by atoms with E-state index >= 15 is 0 Å². The molecule has 0 aliphatic heterocycles. The predicted molar refractivity (Wildman–Crippen MR) is 69.3 cm³/mol. The Bertz CT molecular complexity index is 389. The van der Waals surface area contributed by atoms with Gasteiger partial charge in [-0.2, -0.15) is 0 Å². The van der Waals surface area contributed by atoms with E-state index in [0.717, 1.165) is 24.8 Å². The van der Waals surface area contributed by atoms with Crippen molar-refractivity contribution < 1.29 is 4.39 Å². The third-order valence-corrected chi connectivity index (χ3v) is 3.92. The average Bonchev–Trinajstić information content (AvgIpc) is 2.63. The topological polar surface area (TPSA) is 26.0 Å². The van der Waals surface area contributed by atoms with Gasteiger partial charge in [0.25, 0.3) is 0 Å². The molecule has 0 heterocycles. The van der Waals surface area contributed by atoms with Crippen LogP contribution in [0.3, 0.4) is 0 Å². The zero-order valence-electron chi connectivity index (χ0n) is 10.6. The summed E-state index contributed by atoms with van der Waals surface area (Å²) in [5.74, 6) is -0.140. The Kier molecular flexibility index (Phi) is 3.82. The van der Waals surface area contributed by atoms with Crippen molar-refractivity contribution in [2.24, 2.45) is 5.73 Å². The lowest BCUT2D eigenvalue weighted by molar-refractivity contribution is 0.385. The van der Waals surface area contributed by atoms with Gasteiger partial charge in [-0.25, -0.2) is 4.39 Å². The molecule has 0 radical (unpaired) electrons. The maximum Gasteiger partial charge on any atom is 0.123 e. The minimum Gasteiger partial charge on any atom is -0.321 e. The average molecular weight is 235 g/mol. The summed E-state index contributed by atoms with van der Waals surface area (Å²) in [6.45, 7) is 2.21. The van der Waals surface area contributed by atoms with Crippen LogP contribution in [0.5, 0.6) is 0 Å². The summed E-state index contributed by atoms with van der Waals surface area (Å²) < 4.78 is 13.1. The lowest BCUT2D eigenvalue weighted by Crippen LogP contribution is -2.33. The molecule has 0 bridgehead atoms. The highest BCUT2D eigenvalue weighted by molar-refractivity contribution is 5.38. The maximum absolute atomic E-state index is 13.1. The Morgan fingerprint density at radius 1 is 1.29 bits per heavy atom. The number of fused-ring (bicyclic) bond motifs is 1. The molecule has 1 atom stereocenters. The van der Waals surface area contributed by atoms with Crippen LogP contribution < -0.4 is 5.73 Å². The number of nitrogens with two attached hydrogens (primary N) is 1. The minimum atomic E-state index is -0.198. The maximum atomic E-state index is 13.1. The highest BCUT2D eigenvalue weighted by Gasteiger charge is 2.34. The third-order valence-electron chi connectivity index (χ3n) is 3.92. The molecule has 17 heavy (non-hydrogen) atoms. The van der Waals surface area contributed by atoms with Crippen LogP contribution in [0.15, 0.2) is 18.2 Å². The zero-order valence-corrected chi connectivity index (χ0v) is 10.6. The van der Waals surface area contributed by atoms with E-state index in [2.05, 4.69) is 6.92 Å². The SMILES string of the molecule is CCCCCCC1(N)CCc2cc(F)ccc21. The lowest BCUT2D eigenvalue weighted by Gasteiger charge is -2.25.